The number of carbonyl (C=O) groups is 2. The molecular weight excluding hydrogens is 440 g/mol. The largest absolute Gasteiger partial charge is 0.366 e. The summed E-state index contributed by atoms with van der Waals surface area (Å²) < 4.78 is 27.4. The monoisotopic (exact) mass is 465 g/mol. The Morgan fingerprint density at radius 2 is 1.68 bits per heavy atom. The number of amides is 2. The summed E-state index contributed by atoms with van der Waals surface area (Å²) in [5, 5.41) is 0. The van der Waals surface area contributed by atoms with Gasteiger partial charge in [-0.15, -0.1) is 0 Å². The zero-order chi connectivity index (χ0) is 23.9. The van der Waals surface area contributed by atoms with Crippen LogP contribution in [0.5, 0.6) is 0 Å². The maximum atomic E-state index is 14.1. The molecule has 1 aliphatic heterocycles. The number of carbonyl (C=O) groups excluding carboxylic acids is 2. The fourth-order valence-corrected chi connectivity index (χ4v) is 3.93. The number of para-hydroxylation sites is 1. The Labute approximate surface area is 196 Å². The van der Waals surface area contributed by atoms with Crippen LogP contribution in [-0.2, 0) is 11.3 Å². The fraction of sp³-hybridized carbons (Fsp3) is 0.280. The molecule has 1 aliphatic rings. The summed E-state index contributed by atoms with van der Waals surface area (Å²) in [6.45, 7) is 2.41. The van der Waals surface area contributed by atoms with E-state index in [1.807, 2.05) is 4.90 Å². The highest BCUT2D eigenvalue weighted by Crippen LogP contribution is 2.20. The molecule has 7 nitrogen and oxygen atoms in total. The van der Waals surface area contributed by atoms with Gasteiger partial charge >= 0.3 is 0 Å². The van der Waals surface area contributed by atoms with Gasteiger partial charge in [-0.2, -0.15) is 0 Å². The standard InChI is InChI=1S/C25H25F2N5O2/c26-20-7-5-19(6-8-20)18-32(25(34)22-17-28-10-11-29-22)12-9-24(33)31-15-13-30(14-16-31)23-4-2-1-3-21(23)27/h1-8,10-11,17H,9,12-16,18H2. The van der Waals surface area contributed by atoms with E-state index < -0.39 is 0 Å². The van der Waals surface area contributed by atoms with E-state index >= 15 is 0 Å². The van der Waals surface area contributed by atoms with Crippen LogP contribution in [0.25, 0.3) is 0 Å². The van der Waals surface area contributed by atoms with Crippen LogP contribution in [0.1, 0.15) is 22.5 Å². The molecule has 176 valence electrons. The summed E-state index contributed by atoms with van der Waals surface area (Å²) in [6, 6.07) is 12.5. The summed E-state index contributed by atoms with van der Waals surface area (Å²) in [7, 11) is 0. The van der Waals surface area contributed by atoms with Gasteiger partial charge in [-0.1, -0.05) is 24.3 Å². The van der Waals surface area contributed by atoms with E-state index in [2.05, 4.69) is 9.97 Å². The lowest BCUT2D eigenvalue weighted by Crippen LogP contribution is -2.49. The number of benzene rings is 2. The van der Waals surface area contributed by atoms with Crippen molar-refractivity contribution in [2.45, 2.75) is 13.0 Å². The third kappa shape index (κ3) is 5.72. The minimum atomic E-state index is -0.361. The van der Waals surface area contributed by atoms with Crippen LogP contribution in [-0.4, -0.2) is 64.3 Å². The molecule has 9 heteroatoms. The van der Waals surface area contributed by atoms with Crippen LogP contribution in [0, 0.1) is 11.6 Å². The van der Waals surface area contributed by atoms with Crippen molar-refractivity contribution in [3.63, 3.8) is 0 Å². The summed E-state index contributed by atoms with van der Waals surface area (Å²) in [4.78, 5) is 39.1. The highest BCUT2D eigenvalue weighted by atomic mass is 19.1. The Bertz CT molecular complexity index is 1120. The van der Waals surface area contributed by atoms with E-state index in [1.165, 1.54) is 41.7 Å². The Morgan fingerprint density at radius 3 is 2.35 bits per heavy atom. The highest BCUT2D eigenvalue weighted by molar-refractivity contribution is 5.92. The van der Waals surface area contributed by atoms with Crippen LogP contribution in [0.4, 0.5) is 14.5 Å². The molecule has 1 saturated heterocycles. The molecule has 0 atom stereocenters. The Balaban J connectivity index is 1.37. The second-order valence-electron chi connectivity index (χ2n) is 8.01. The first kappa shape index (κ1) is 23.3. The number of halogens is 2. The molecule has 0 spiro atoms. The van der Waals surface area contributed by atoms with Gasteiger partial charge in [0.1, 0.15) is 17.3 Å². The summed E-state index contributed by atoms with van der Waals surface area (Å²) in [6.07, 6.45) is 4.42. The van der Waals surface area contributed by atoms with Gasteiger partial charge in [0.2, 0.25) is 5.91 Å². The van der Waals surface area contributed by atoms with Gasteiger partial charge in [-0.3, -0.25) is 14.6 Å². The SMILES string of the molecule is O=C(CCN(Cc1ccc(F)cc1)C(=O)c1cnccn1)N1CCN(c2ccccc2F)CC1. The number of aromatic nitrogens is 2. The molecule has 34 heavy (non-hydrogen) atoms. The van der Waals surface area contributed by atoms with E-state index in [-0.39, 0.29) is 48.7 Å². The topological polar surface area (TPSA) is 69.6 Å². The minimum Gasteiger partial charge on any atom is -0.366 e. The molecule has 0 N–H and O–H groups in total. The zero-order valence-electron chi connectivity index (χ0n) is 18.6. The molecule has 1 aromatic heterocycles. The molecule has 0 radical (unpaired) electrons. The predicted octanol–water partition coefficient (Wildman–Crippen LogP) is 3.14. The van der Waals surface area contributed by atoms with Gasteiger partial charge in [-0.25, -0.2) is 13.8 Å². The molecule has 2 aromatic carbocycles. The molecule has 0 saturated carbocycles. The summed E-state index contributed by atoms with van der Waals surface area (Å²) in [5.41, 5.74) is 1.45. The lowest BCUT2D eigenvalue weighted by molar-refractivity contribution is -0.131. The van der Waals surface area contributed by atoms with E-state index in [1.54, 1.807) is 35.2 Å². The zero-order valence-corrected chi connectivity index (χ0v) is 18.6. The number of rotatable bonds is 7. The van der Waals surface area contributed by atoms with Crippen LogP contribution in [0.3, 0.4) is 0 Å². The second kappa shape index (κ2) is 10.8. The fourth-order valence-electron chi connectivity index (χ4n) is 3.93. The first-order chi connectivity index (χ1) is 16.5. The van der Waals surface area contributed by atoms with Crippen molar-refractivity contribution in [2.75, 3.05) is 37.6 Å². The average Bonchev–Trinajstić information content (AvgIpc) is 2.88. The van der Waals surface area contributed by atoms with Gasteiger partial charge in [0, 0.05) is 58.1 Å². The quantitative estimate of drug-likeness (QED) is 0.536. The van der Waals surface area contributed by atoms with Crippen molar-refractivity contribution in [2.24, 2.45) is 0 Å². The molecule has 4 rings (SSSR count). The molecule has 2 heterocycles. The van der Waals surface area contributed by atoms with Crippen LogP contribution >= 0.6 is 0 Å². The number of hydrogen-bond donors (Lipinski definition) is 0. The molecule has 0 bridgehead atoms. The Morgan fingerprint density at radius 1 is 0.941 bits per heavy atom. The maximum absolute atomic E-state index is 14.1. The van der Waals surface area contributed by atoms with E-state index in [0.29, 0.717) is 31.9 Å². The molecule has 1 fully saturated rings. The highest BCUT2D eigenvalue weighted by Gasteiger charge is 2.24. The number of nitrogens with zero attached hydrogens (tertiary/aromatic N) is 5. The van der Waals surface area contributed by atoms with E-state index in [4.69, 9.17) is 0 Å². The number of anilines is 1. The van der Waals surface area contributed by atoms with E-state index in [0.717, 1.165) is 5.56 Å². The average molecular weight is 466 g/mol. The Kier molecular flexibility index (Phi) is 7.41. The minimum absolute atomic E-state index is 0.0794. The van der Waals surface area contributed by atoms with Crippen molar-refractivity contribution in [3.05, 3.63) is 90.0 Å². The van der Waals surface area contributed by atoms with Gasteiger partial charge in [0.15, 0.2) is 0 Å². The molecule has 2 amide bonds. The van der Waals surface area contributed by atoms with Crippen LogP contribution in [0.15, 0.2) is 67.1 Å². The molecule has 0 aliphatic carbocycles. The van der Waals surface area contributed by atoms with Crippen molar-refractivity contribution in [3.8, 4) is 0 Å². The first-order valence-electron chi connectivity index (χ1n) is 11.1. The van der Waals surface area contributed by atoms with Gasteiger partial charge in [-0.05, 0) is 29.8 Å². The number of piperazine rings is 1. The third-order valence-corrected chi connectivity index (χ3v) is 5.78. The molecule has 0 unspecified atom stereocenters. The lowest BCUT2D eigenvalue weighted by atomic mass is 10.2. The smallest absolute Gasteiger partial charge is 0.274 e. The first-order valence-corrected chi connectivity index (χ1v) is 11.1. The predicted molar refractivity (Wildman–Crippen MR) is 123 cm³/mol. The molecular formula is C25H25F2N5O2. The molecule has 3 aromatic rings. The van der Waals surface area contributed by atoms with Crippen molar-refractivity contribution >= 4 is 17.5 Å². The lowest BCUT2D eigenvalue weighted by Gasteiger charge is -2.36. The number of hydrogen-bond acceptors (Lipinski definition) is 5. The van der Waals surface area contributed by atoms with Crippen LogP contribution < -0.4 is 4.90 Å². The summed E-state index contributed by atoms with van der Waals surface area (Å²) in [5.74, 6) is -1.07. The van der Waals surface area contributed by atoms with Crippen molar-refractivity contribution in [1.29, 1.82) is 0 Å². The van der Waals surface area contributed by atoms with E-state index in [9.17, 15) is 18.4 Å². The van der Waals surface area contributed by atoms with Crippen molar-refractivity contribution in [1.82, 2.24) is 19.8 Å². The van der Waals surface area contributed by atoms with Gasteiger partial charge in [0.05, 0.1) is 11.9 Å². The second-order valence-corrected chi connectivity index (χ2v) is 8.01. The van der Waals surface area contributed by atoms with Gasteiger partial charge in [0.25, 0.3) is 5.91 Å². The third-order valence-electron chi connectivity index (χ3n) is 5.78. The maximum Gasteiger partial charge on any atom is 0.274 e. The van der Waals surface area contributed by atoms with Gasteiger partial charge < -0.3 is 14.7 Å². The normalized spacial score (nSPS) is 13.6. The Hall–Kier alpha value is -3.88. The van der Waals surface area contributed by atoms with Crippen LogP contribution in [0.2, 0.25) is 0 Å². The summed E-state index contributed by atoms with van der Waals surface area (Å²) >= 11 is 0. The van der Waals surface area contributed by atoms with Crippen molar-refractivity contribution < 1.29 is 18.4 Å².